The molecular formula is C16H26FN7S. The van der Waals surface area contributed by atoms with Crippen molar-refractivity contribution in [1.82, 2.24) is 35.0 Å². The highest BCUT2D eigenvalue weighted by atomic mass is 32.1. The number of aryl methyl sites for hydroxylation is 2. The summed E-state index contributed by atoms with van der Waals surface area (Å²) in [6.45, 7) is 7.71. The van der Waals surface area contributed by atoms with Gasteiger partial charge in [0.1, 0.15) is 6.17 Å². The van der Waals surface area contributed by atoms with Gasteiger partial charge in [-0.2, -0.15) is 0 Å². The van der Waals surface area contributed by atoms with Gasteiger partial charge in [-0.1, -0.05) is 6.92 Å². The number of tetrazole rings is 1. The highest BCUT2D eigenvalue weighted by molar-refractivity contribution is 7.09. The molecule has 0 N–H and O–H groups in total. The molecule has 2 aromatic heterocycles. The number of halogens is 1. The van der Waals surface area contributed by atoms with E-state index in [1.165, 1.54) is 4.88 Å². The third-order valence-electron chi connectivity index (χ3n) is 4.64. The zero-order chi connectivity index (χ0) is 17.8. The fraction of sp³-hybridized carbons (Fsp3) is 0.750. The van der Waals surface area contributed by atoms with Gasteiger partial charge in [0.05, 0.1) is 17.7 Å². The number of rotatable bonds is 8. The van der Waals surface area contributed by atoms with Crippen LogP contribution in [0.4, 0.5) is 4.39 Å². The van der Waals surface area contributed by atoms with Gasteiger partial charge in [-0.05, 0) is 37.2 Å². The summed E-state index contributed by atoms with van der Waals surface area (Å²) in [6, 6.07) is 0.206. The Labute approximate surface area is 151 Å². The van der Waals surface area contributed by atoms with Crippen LogP contribution in [0.2, 0.25) is 0 Å². The van der Waals surface area contributed by atoms with Gasteiger partial charge in [-0.15, -0.1) is 16.4 Å². The molecule has 1 fully saturated rings. The molecule has 0 amide bonds. The molecule has 2 atom stereocenters. The Morgan fingerprint density at radius 3 is 3.00 bits per heavy atom. The van der Waals surface area contributed by atoms with E-state index in [0.717, 1.165) is 37.6 Å². The van der Waals surface area contributed by atoms with Crippen molar-refractivity contribution in [3.8, 4) is 0 Å². The van der Waals surface area contributed by atoms with E-state index in [9.17, 15) is 4.39 Å². The molecule has 0 unspecified atom stereocenters. The summed E-state index contributed by atoms with van der Waals surface area (Å²) in [5.74, 6) is 0.865. The molecule has 25 heavy (non-hydrogen) atoms. The molecule has 0 saturated carbocycles. The average Bonchev–Trinajstić information content (AvgIpc) is 3.24. The molecular weight excluding hydrogens is 341 g/mol. The van der Waals surface area contributed by atoms with Gasteiger partial charge < -0.3 is 0 Å². The summed E-state index contributed by atoms with van der Waals surface area (Å²) in [6.07, 6.45) is 0.829. The minimum Gasteiger partial charge on any atom is -0.297 e. The molecule has 3 heterocycles. The zero-order valence-corrected chi connectivity index (χ0v) is 15.9. The van der Waals surface area contributed by atoms with Crippen LogP contribution in [0.5, 0.6) is 0 Å². The van der Waals surface area contributed by atoms with Crippen LogP contribution in [-0.4, -0.2) is 67.3 Å². The van der Waals surface area contributed by atoms with E-state index >= 15 is 0 Å². The number of hydrogen-bond donors (Lipinski definition) is 0. The summed E-state index contributed by atoms with van der Waals surface area (Å²) in [5, 5.41) is 11.9. The maximum atomic E-state index is 14.0. The van der Waals surface area contributed by atoms with E-state index in [-0.39, 0.29) is 6.04 Å². The molecule has 1 saturated heterocycles. The Morgan fingerprint density at radius 2 is 2.28 bits per heavy atom. The van der Waals surface area contributed by atoms with E-state index in [1.807, 2.05) is 24.2 Å². The molecule has 2 aromatic rings. The summed E-state index contributed by atoms with van der Waals surface area (Å²) in [7, 11) is 2.05. The largest absolute Gasteiger partial charge is 0.297 e. The molecule has 0 aliphatic carbocycles. The molecule has 138 valence electrons. The highest BCUT2D eigenvalue weighted by Crippen LogP contribution is 2.25. The van der Waals surface area contributed by atoms with Crippen LogP contribution in [-0.2, 0) is 19.6 Å². The first-order chi connectivity index (χ1) is 12.1. The Balaban J connectivity index is 1.59. The minimum absolute atomic E-state index is 0.206. The van der Waals surface area contributed by atoms with Crippen LogP contribution in [0.3, 0.4) is 0 Å². The van der Waals surface area contributed by atoms with E-state index < -0.39 is 6.17 Å². The van der Waals surface area contributed by atoms with E-state index in [0.29, 0.717) is 19.5 Å². The third-order valence-corrected chi connectivity index (χ3v) is 5.56. The second-order valence-electron chi connectivity index (χ2n) is 6.79. The predicted octanol–water partition coefficient (Wildman–Crippen LogP) is 1.89. The van der Waals surface area contributed by atoms with Gasteiger partial charge in [0.25, 0.3) is 0 Å². The summed E-state index contributed by atoms with van der Waals surface area (Å²) < 4.78 is 15.9. The van der Waals surface area contributed by atoms with Crippen molar-refractivity contribution in [2.75, 3.05) is 20.1 Å². The lowest BCUT2D eigenvalue weighted by molar-refractivity contribution is 0.178. The molecule has 1 aliphatic heterocycles. The smallest absolute Gasteiger partial charge is 0.165 e. The van der Waals surface area contributed by atoms with Crippen molar-refractivity contribution in [2.24, 2.45) is 0 Å². The maximum absolute atomic E-state index is 14.0. The van der Waals surface area contributed by atoms with Crippen molar-refractivity contribution >= 4 is 11.3 Å². The highest BCUT2D eigenvalue weighted by Gasteiger charge is 2.33. The van der Waals surface area contributed by atoms with Gasteiger partial charge >= 0.3 is 0 Å². The van der Waals surface area contributed by atoms with Crippen molar-refractivity contribution in [2.45, 2.75) is 58.5 Å². The number of hydrogen-bond acceptors (Lipinski definition) is 7. The maximum Gasteiger partial charge on any atom is 0.165 e. The molecule has 9 heteroatoms. The average molecular weight is 367 g/mol. The number of likely N-dealkylation sites (tertiary alicyclic amines) is 1. The van der Waals surface area contributed by atoms with Crippen molar-refractivity contribution in [3.05, 3.63) is 21.9 Å². The van der Waals surface area contributed by atoms with Crippen LogP contribution in [0, 0.1) is 6.92 Å². The normalized spacial score (nSPS) is 21.5. The van der Waals surface area contributed by atoms with Gasteiger partial charge in [-0.25, -0.2) is 14.1 Å². The SMILES string of the molecule is CCCn1nnnc1CN(C)C[C@@H]1C[C@H](F)CN1Cc1scnc1C. The summed E-state index contributed by atoms with van der Waals surface area (Å²) in [4.78, 5) is 9.97. The lowest BCUT2D eigenvalue weighted by atomic mass is 10.2. The van der Waals surface area contributed by atoms with Crippen molar-refractivity contribution in [3.63, 3.8) is 0 Å². The lowest BCUT2D eigenvalue weighted by Gasteiger charge is -2.27. The Morgan fingerprint density at radius 1 is 1.44 bits per heavy atom. The van der Waals surface area contributed by atoms with Crippen LogP contribution in [0.25, 0.3) is 0 Å². The monoisotopic (exact) mass is 367 g/mol. The Hall–Kier alpha value is -1.45. The van der Waals surface area contributed by atoms with Crippen molar-refractivity contribution in [1.29, 1.82) is 0 Å². The fourth-order valence-electron chi connectivity index (χ4n) is 3.36. The first kappa shape index (κ1) is 18.3. The van der Waals surface area contributed by atoms with Crippen LogP contribution >= 0.6 is 11.3 Å². The molecule has 3 rings (SSSR count). The number of alkyl halides is 1. The molecule has 0 spiro atoms. The van der Waals surface area contributed by atoms with Gasteiger partial charge in [0, 0.05) is 37.1 Å². The fourth-order valence-corrected chi connectivity index (χ4v) is 4.16. The minimum atomic E-state index is -0.753. The van der Waals surface area contributed by atoms with Crippen LogP contribution < -0.4 is 0 Å². The van der Waals surface area contributed by atoms with E-state index in [2.05, 4.69) is 37.2 Å². The van der Waals surface area contributed by atoms with Gasteiger partial charge in [-0.3, -0.25) is 9.80 Å². The number of thiazole rings is 1. The zero-order valence-electron chi connectivity index (χ0n) is 15.1. The molecule has 0 aromatic carbocycles. The first-order valence-corrected chi connectivity index (χ1v) is 9.65. The topological polar surface area (TPSA) is 63.0 Å². The standard InChI is InChI=1S/C16H26FN7S/c1-4-5-24-16(19-20-21-24)10-22(3)8-14-6-13(17)7-23(14)9-15-12(2)18-11-25-15/h11,13-14H,4-10H2,1-3H3/t13-,14-/m0/s1. The van der Waals surface area contributed by atoms with Crippen LogP contribution in [0.15, 0.2) is 5.51 Å². The number of nitrogens with zero attached hydrogens (tertiary/aromatic N) is 7. The summed E-state index contributed by atoms with van der Waals surface area (Å²) in [5.41, 5.74) is 2.92. The lowest BCUT2D eigenvalue weighted by Crippen LogP contribution is -2.38. The molecule has 0 bridgehead atoms. The van der Waals surface area contributed by atoms with Gasteiger partial charge in [0.2, 0.25) is 0 Å². The number of likely N-dealkylation sites (N-methyl/N-ethyl adjacent to an activating group) is 1. The molecule has 1 aliphatic rings. The summed E-state index contributed by atoms with van der Waals surface area (Å²) >= 11 is 1.65. The second kappa shape index (κ2) is 8.29. The quantitative estimate of drug-likeness (QED) is 0.710. The molecule has 0 radical (unpaired) electrons. The molecule has 7 nitrogen and oxygen atoms in total. The van der Waals surface area contributed by atoms with E-state index in [4.69, 9.17) is 0 Å². The Bertz CT molecular complexity index is 673. The van der Waals surface area contributed by atoms with Crippen LogP contribution in [0.1, 0.15) is 36.2 Å². The third kappa shape index (κ3) is 4.59. The van der Waals surface area contributed by atoms with Gasteiger partial charge in [0.15, 0.2) is 5.82 Å². The van der Waals surface area contributed by atoms with Crippen molar-refractivity contribution < 1.29 is 4.39 Å². The first-order valence-electron chi connectivity index (χ1n) is 8.77. The second-order valence-corrected chi connectivity index (χ2v) is 7.73. The van der Waals surface area contributed by atoms with E-state index in [1.54, 1.807) is 11.3 Å². The Kier molecular flexibility index (Phi) is 6.08. The number of aromatic nitrogens is 5. The predicted molar refractivity (Wildman–Crippen MR) is 95.0 cm³/mol.